The van der Waals surface area contributed by atoms with E-state index >= 15 is 0 Å². The van der Waals surface area contributed by atoms with Gasteiger partial charge in [0, 0.05) is 5.56 Å². The molecule has 29 heavy (non-hydrogen) atoms. The molecule has 0 heterocycles. The maximum absolute atomic E-state index is 13.0. The van der Waals surface area contributed by atoms with Gasteiger partial charge in [-0.2, -0.15) is 0 Å². The average Bonchev–Trinajstić information content (AvgIpc) is 2.68. The van der Waals surface area contributed by atoms with Crippen molar-refractivity contribution in [2.24, 2.45) is 16.7 Å². The van der Waals surface area contributed by atoms with Crippen molar-refractivity contribution in [3.8, 4) is 0 Å². The number of hydrogen-bond acceptors (Lipinski definition) is 4. The fourth-order valence-corrected chi connectivity index (χ4v) is 5.85. The van der Waals surface area contributed by atoms with Gasteiger partial charge in [0.05, 0.1) is 13.5 Å². The third-order valence-corrected chi connectivity index (χ3v) is 7.33. The Bertz CT molecular complexity index is 792. The Labute approximate surface area is 174 Å². The molecule has 4 nitrogen and oxygen atoms in total. The molecule has 158 valence electrons. The highest BCUT2D eigenvalue weighted by Crippen LogP contribution is 2.60. The van der Waals surface area contributed by atoms with Crippen molar-refractivity contribution >= 4 is 11.9 Å². The summed E-state index contributed by atoms with van der Waals surface area (Å²) in [5.74, 6) is -0.341. The van der Waals surface area contributed by atoms with Gasteiger partial charge in [-0.15, -0.1) is 0 Å². The van der Waals surface area contributed by atoms with Gasteiger partial charge in [0.2, 0.25) is 6.10 Å². The molecule has 2 aliphatic rings. The van der Waals surface area contributed by atoms with Crippen molar-refractivity contribution in [2.45, 2.75) is 72.3 Å². The van der Waals surface area contributed by atoms with E-state index in [0.717, 1.165) is 12.8 Å². The zero-order valence-electron chi connectivity index (χ0n) is 18.4. The lowest BCUT2D eigenvalue weighted by molar-refractivity contribution is -0.166. The second-order valence-electron chi connectivity index (χ2n) is 9.59. The van der Waals surface area contributed by atoms with Crippen molar-refractivity contribution in [2.75, 3.05) is 7.11 Å². The number of carbonyl (C=O) groups excluding carboxylic acids is 2. The molecule has 0 spiro atoms. The summed E-state index contributed by atoms with van der Waals surface area (Å²) >= 11 is 0. The van der Waals surface area contributed by atoms with Crippen LogP contribution in [0.15, 0.2) is 41.5 Å². The molecule has 0 aromatic heterocycles. The van der Waals surface area contributed by atoms with Crippen LogP contribution in [0.3, 0.4) is 0 Å². The molecular formula is C25H34O4. The number of ether oxygens (including phenoxy) is 2. The van der Waals surface area contributed by atoms with E-state index in [9.17, 15) is 9.59 Å². The van der Waals surface area contributed by atoms with Gasteiger partial charge < -0.3 is 9.47 Å². The van der Waals surface area contributed by atoms with Crippen LogP contribution in [-0.2, 0) is 19.1 Å². The first kappa shape index (κ1) is 21.6. The van der Waals surface area contributed by atoms with Gasteiger partial charge in [-0.1, -0.05) is 68.7 Å². The number of benzene rings is 1. The number of carbonyl (C=O) groups is 2. The Hall–Kier alpha value is -2.10. The first-order valence-electron chi connectivity index (χ1n) is 10.7. The lowest BCUT2D eigenvalue weighted by Gasteiger charge is -2.55. The molecule has 2 aliphatic carbocycles. The molecule has 1 aromatic rings. The molecule has 1 fully saturated rings. The van der Waals surface area contributed by atoms with Crippen LogP contribution < -0.4 is 0 Å². The van der Waals surface area contributed by atoms with E-state index in [0.29, 0.717) is 11.5 Å². The lowest BCUT2D eigenvalue weighted by Crippen LogP contribution is -2.46. The zero-order valence-corrected chi connectivity index (χ0v) is 18.4. The fraction of sp³-hybridized carbons (Fsp3) is 0.600. The predicted octanol–water partition coefficient (Wildman–Crippen LogP) is 5.78. The summed E-state index contributed by atoms with van der Waals surface area (Å²) in [6.45, 7) is 9.22. The lowest BCUT2D eigenvalue weighted by atomic mass is 9.50. The van der Waals surface area contributed by atoms with E-state index in [1.807, 2.05) is 18.2 Å². The van der Waals surface area contributed by atoms with Crippen LogP contribution >= 0.6 is 0 Å². The summed E-state index contributed by atoms with van der Waals surface area (Å²) in [5, 5.41) is 0. The van der Waals surface area contributed by atoms with Crippen molar-refractivity contribution in [1.82, 2.24) is 0 Å². The van der Waals surface area contributed by atoms with E-state index in [4.69, 9.17) is 9.47 Å². The third kappa shape index (κ3) is 4.26. The summed E-state index contributed by atoms with van der Waals surface area (Å²) in [4.78, 5) is 25.2. The molecular weight excluding hydrogens is 364 g/mol. The molecule has 0 bridgehead atoms. The number of rotatable bonds is 5. The van der Waals surface area contributed by atoms with Crippen LogP contribution in [-0.4, -0.2) is 19.0 Å². The second kappa shape index (κ2) is 8.33. The molecule has 0 amide bonds. The van der Waals surface area contributed by atoms with Gasteiger partial charge in [0.25, 0.3) is 0 Å². The van der Waals surface area contributed by atoms with Crippen LogP contribution in [0.4, 0.5) is 0 Å². The van der Waals surface area contributed by atoms with Crippen LogP contribution in [0.1, 0.15) is 77.9 Å². The predicted molar refractivity (Wildman–Crippen MR) is 113 cm³/mol. The van der Waals surface area contributed by atoms with E-state index in [1.54, 1.807) is 12.1 Å². The zero-order chi connectivity index (χ0) is 21.2. The first-order valence-corrected chi connectivity index (χ1v) is 10.7. The van der Waals surface area contributed by atoms with Crippen LogP contribution in [0.2, 0.25) is 0 Å². The van der Waals surface area contributed by atoms with E-state index in [-0.39, 0.29) is 23.2 Å². The van der Waals surface area contributed by atoms with E-state index in [2.05, 4.69) is 27.7 Å². The minimum absolute atomic E-state index is 0.0244. The van der Waals surface area contributed by atoms with E-state index < -0.39 is 12.1 Å². The monoisotopic (exact) mass is 398 g/mol. The van der Waals surface area contributed by atoms with Gasteiger partial charge in [0.1, 0.15) is 0 Å². The van der Waals surface area contributed by atoms with Crippen molar-refractivity contribution in [1.29, 1.82) is 0 Å². The number of fused-ring (bicyclic) bond motifs is 1. The molecule has 3 atom stereocenters. The smallest absolute Gasteiger partial charge is 0.351 e. The largest absolute Gasteiger partial charge is 0.466 e. The Morgan fingerprint density at radius 1 is 1.14 bits per heavy atom. The summed E-state index contributed by atoms with van der Waals surface area (Å²) in [7, 11) is 1.32. The van der Waals surface area contributed by atoms with Gasteiger partial charge in [-0.3, -0.25) is 4.79 Å². The van der Waals surface area contributed by atoms with Gasteiger partial charge in [0.15, 0.2) is 0 Å². The Kier molecular flexibility index (Phi) is 6.21. The SMILES string of the molecule is COC(=O)C(OC(=O)CC1=C(C)CC[C@H]2C(C)(C)CCC[C@]12C)c1ccccc1. The van der Waals surface area contributed by atoms with E-state index in [1.165, 1.54) is 37.5 Å². The van der Waals surface area contributed by atoms with Crippen LogP contribution in [0.25, 0.3) is 0 Å². The Morgan fingerprint density at radius 3 is 2.48 bits per heavy atom. The molecule has 4 heteroatoms. The van der Waals surface area contributed by atoms with Gasteiger partial charge in [-0.05, 0) is 49.4 Å². The molecule has 0 saturated heterocycles. The molecule has 0 aliphatic heterocycles. The minimum Gasteiger partial charge on any atom is -0.466 e. The maximum atomic E-state index is 13.0. The average molecular weight is 399 g/mol. The number of esters is 2. The van der Waals surface area contributed by atoms with Crippen molar-refractivity contribution in [3.05, 3.63) is 47.0 Å². The van der Waals surface area contributed by atoms with Crippen molar-refractivity contribution in [3.63, 3.8) is 0 Å². The topological polar surface area (TPSA) is 52.6 Å². The highest BCUT2D eigenvalue weighted by molar-refractivity contribution is 5.81. The summed E-state index contributed by atoms with van der Waals surface area (Å²) in [5.41, 5.74) is 3.47. The highest BCUT2D eigenvalue weighted by atomic mass is 16.6. The molecule has 1 unspecified atom stereocenters. The molecule has 1 aromatic carbocycles. The second-order valence-corrected chi connectivity index (χ2v) is 9.59. The maximum Gasteiger partial charge on any atom is 0.351 e. The Balaban J connectivity index is 1.82. The first-order chi connectivity index (χ1) is 13.7. The molecule has 3 rings (SSSR count). The van der Waals surface area contributed by atoms with Crippen LogP contribution in [0, 0.1) is 16.7 Å². The molecule has 0 radical (unpaired) electrons. The Morgan fingerprint density at radius 2 is 1.83 bits per heavy atom. The number of hydrogen-bond donors (Lipinski definition) is 0. The molecule has 0 N–H and O–H groups in total. The summed E-state index contributed by atoms with van der Waals surface area (Å²) in [6.07, 6.45) is 4.97. The summed E-state index contributed by atoms with van der Waals surface area (Å²) in [6, 6.07) is 9.06. The number of methoxy groups -OCH3 is 1. The number of allylic oxidation sites excluding steroid dienone is 1. The third-order valence-electron chi connectivity index (χ3n) is 7.33. The van der Waals surface area contributed by atoms with Gasteiger partial charge in [-0.25, -0.2) is 4.79 Å². The molecule has 1 saturated carbocycles. The fourth-order valence-electron chi connectivity index (χ4n) is 5.85. The van der Waals surface area contributed by atoms with Crippen LogP contribution in [0.5, 0.6) is 0 Å². The normalized spacial score (nSPS) is 27.0. The highest BCUT2D eigenvalue weighted by Gasteiger charge is 2.50. The van der Waals surface area contributed by atoms with Crippen molar-refractivity contribution < 1.29 is 19.1 Å². The summed E-state index contributed by atoms with van der Waals surface area (Å²) < 4.78 is 10.6. The van der Waals surface area contributed by atoms with Gasteiger partial charge >= 0.3 is 11.9 Å². The standard InChI is InChI=1S/C25H34O4/c1-17-12-13-20-24(2,3)14-9-15-25(20,4)19(17)16-21(26)29-22(23(27)28-5)18-10-7-6-8-11-18/h6-8,10-11,20,22H,9,12-16H2,1-5H3/t20-,22?,25+/m0/s1. The quantitative estimate of drug-likeness (QED) is 0.466. The minimum atomic E-state index is -1.02.